The number of amides is 2. The molecule has 240 valence electrons. The Morgan fingerprint density at radius 2 is 1.86 bits per heavy atom. The number of halogens is 4. The number of nitrogens with one attached hydrogen (secondary N) is 2. The fourth-order valence-corrected chi connectivity index (χ4v) is 6.28. The number of oxime groups is 1. The SMILES string of the molecule is CC1NON=C1C(=O)NC(c1cn2ncc(C3CC(O)CCN3C(=O)C3CCC(F)(F)CO3)nc2n1)C1CCC(F)(F)CC1. The van der Waals surface area contributed by atoms with E-state index in [9.17, 15) is 32.3 Å². The second-order valence-electron chi connectivity index (χ2n) is 12.1. The number of hydrogen-bond donors (Lipinski definition) is 3. The predicted octanol–water partition coefficient (Wildman–Crippen LogP) is 2.23. The molecule has 2 aromatic rings. The van der Waals surface area contributed by atoms with Crippen LogP contribution in [-0.4, -0.2) is 90.4 Å². The highest BCUT2D eigenvalue weighted by molar-refractivity contribution is 6.40. The molecule has 0 bridgehead atoms. The average Bonchev–Trinajstić information content (AvgIpc) is 3.61. The third-order valence-electron chi connectivity index (χ3n) is 8.83. The van der Waals surface area contributed by atoms with E-state index < -0.39 is 67.0 Å². The molecular weight excluding hydrogens is 592 g/mol. The highest BCUT2D eigenvalue weighted by atomic mass is 19.3. The van der Waals surface area contributed by atoms with Gasteiger partial charge in [-0.1, -0.05) is 5.16 Å². The summed E-state index contributed by atoms with van der Waals surface area (Å²) < 4.78 is 61.8. The summed E-state index contributed by atoms with van der Waals surface area (Å²) in [7, 11) is 0. The smallest absolute Gasteiger partial charge is 0.271 e. The monoisotopic (exact) mass is 626 g/mol. The van der Waals surface area contributed by atoms with Crippen LogP contribution in [0.15, 0.2) is 17.5 Å². The summed E-state index contributed by atoms with van der Waals surface area (Å²) in [5, 5.41) is 21.5. The highest BCUT2D eigenvalue weighted by Gasteiger charge is 2.43. The molecule has 1 saturated carbocycles. The molecule has 1 aliphatic carbocycles. The Kier molecular flexibility index (Phi) is 8.21. The molecular formula is C27H34F4N8O5. The molecule has 0 aromatic carbocycles. The fraction of sp³-hybridized carbons (Fsp3) is 0.704. The molecule has 3 N–H and O–H groups in total. The Hall–Kier alpha value is -3.44. The minimum absolute atomic E-state index is 0.102. The van der Waals surface area contributed by atoms with Gasteiger partial charge in [0, 0.05) is 25.8 Å². The molecule has 44 heavy (non-hydrogen) atoms. The van der Waals surface area contributed by atoms with Gasteiger partial charge in [-0.25, -0.2) is 32.0 Å². The Labute approximate surface area is 249 Å². The number of hydroxylamine groups is 1. The lowest BCUT2D eigenvalue weighted by molar-refractivity contribution is -0.174. The van der Waals surface area contributed by atoms with Gasteiger partial charge in [-0.3, -0.25) is 14.5 Å². The lowest BCUT2D eigenvalue weighted by atomic mass is 9.81. The number of hydrogen-bond acceptors (Lipinski definition) is 10. The molecule has 2 saturated heterocycles. The summed E-state index contributed by atoms with van der Waals surface area (Å²) in [6.07, 6.45) is 0.781. The topological polar surface area (TPSA) is 156 Å². The zero-order chi connectivity index (χ0) is 31.2. The summed E-state index contributed by atoms with van der Waals surface area (Å²) in [6.45, 7) is 1.03. The predicted molar refractivity (Wildman–Crippen MR) is 143 cm³/mol. The van der Waals surface area contributed by atoms with Crippen molar-refractivity contribution in [3.8, 4) is 0 Å². The molecule has 13 nitrogen and oxygen atoms in total. The first-order valence-electron chi connectivity index (χ1n) is 14.8. The maximum absolute atomic E-state index is 14.0. The van der Waals surface area contributed by atoms with E-state index in [1.165, 1.54) is 15.6 Å². The van der Waals surface area contributed by atoms with E-state index in [0.717, 1.165) is 0 Å². The van der Waals surface area contributed by atoms with Gasteiger partial charge in [-0.05, 0) is 44.9 Å². The van der Waals surface area contributed by atoms with Gasteiger partial charge in [-0.2, -0.15) is 5.10 Å². The minimum atomic E-state index is -2.98. The van der Waals surface area contributed by atoms with Gasteiger partial charge < -0.3 is 20.1 Å². The summed E-state index contributed by atoms with van der Waals surface area (Å²) in [6, 6.07) is -1.94. The minimum Gasteiger partial charge on any atom is -0.393 e. The molecule has 0 radical (unpaired) electrons. The van der Waals surface area contributed by atoms with Crippen molar-refractivity contribution in [2.45, 2.75) is 100 Å². The van der Waals surface area contributed by atoms with Crippen LogP contribution in [0.4, 0.5) is 17.6 Å². The van der Waals surface area contributed by atoms with Gasteiger partial charge in [0.15, 0.2) is 5.71 Å². The number of piperidine rings is 1. The number of carbonyl (C=O) groups excluding carboxylic acids is 2. The number of aliphatic hydroxyl groups excluding tert-OH is 1. The number of rotatable bonds is 6. The second kappa shape index (κ2) is 11.8. The van der Waals surface area contributed by atoms with E-state index in [0.29, 0.717) is 17.8 Å². The first-order valence-corrected chi connectivity index (χ1v) is 14.8. The Bertz CT molecular complexity index is 1420. The van der Waals surface area contributed by atoms with Crippen molar-refractivity contribution in [3.63, 3.8) is 0 Å². The third-order valence-corrected chi connectivity index (χ3v) is 8.83. The first-order chi connectivity index (χ1) is 20.9. The van der Waals surface area contributed by atoms with Crippen molar-refractivity contribution in [2.75, 3.05) is 13.2 Å². The van der Waals surface area contributed by atoms with E-state index in [2.05, 4.69) is 31.0 Å². The van der Waals surface area contributed by atoms with Crippen LogP contribution < -0.4 is 10.8 Å². The average molecular weight is 627 g/mol. The number of nitrogens with zero attached hydrogens (tertiary/aromatic N) is 6. The van der Waals surface area contributed by atoms with Gasteiger partial charge in [0.05, 0.1) is 48.0 Å². The van der Waals surface area contributed by atoms with Crippen molar-refractivity contribution in [3.05, 3.63) is 23.8 Å². The second-order valence-corrected chi connectivity index (χ2v) is 12.1. The summed E-state index contributed by atoms with van der Waals surface area (Å²) in [4.78, 5) is 41.9. The van der Waals surface area contributed by atoms with E-state index in [1.807, 2.05) is 0 Å². The van der Waals surface area contributed by atoms with Gasteiger partial charge in [-0.15, -0.1) is 5.48 Å². The maximum atomic E-state index is 14.0. The number of likely N-dealkylation sites (tertiary alicyclic amines) is 1. The molecule has 4 aliphatic rings. The fourth-order valence-electron chi connectivity index (χ4n) is 6.28. The van der Waals surface area contributed by atoms with E-state index >= 15 is 0 Å². The molecule has 3 aliphatic heterocycles. The van der Waals surface area contributed by atoms with Gasteiger partial charge in [0.25, 0.3) is 23.5 Å². The molecule has 5 heterocycles. The molecule has 6 rings (SSSR count). The Balaban J connectivity index is 1.26. The quantitative estimate of drug-likeness (QED) is 0.410. The number of alkyl halides is 4. The number of imidazole rings is 1. The van der Waals surface area contributed by atoms with Gasteiger partial charge in [0.1, 0.15) is 12.7 Å². The summed E-state index contributed by atoms with van der Waals surface area (Å²) in [5.41, 5.74) is 3.35. The molecule has 5 atom stereocenters. The van der Waals surface area contributed by atoms with Crippen LogP contribution in [0.5, 0.6) is 0 Å². The van der Waals surface area contributed by atoms with Crippen molar-refractivity contribution >= 4 is 23.3 Å². The lowest BCUT2D eigenvalue weighted by Gasteiger charge is -2.40. The number of ether oxygens (including phenoxy) is 1. The number of aliphatic hydroxyl groups is 1. The Morgan fingerprint density at radius 3 is 2.55 bits per heavy atom. The van der Waals surface area contributed by atoms with Crippen LogP contribution in [0.1, 0.15) is 81.8 Å². The van der Waals surface area contributed by atoms with Gasteiger partial charge >= 0.3 is 0 Å². The molecule has 2 aromatic heterocycles. The molecule has 17 heteroatoms. The molecule has 5 unspecified atom stereocenters. The molecule has 3 fully saturated rings. The lowest BCUT2D eigenvalue weighted by Crippen LogP contribution is -2.50. The van der Waals surface area contributed by atoms with Crippen LogP contribution >= 0.6 is 0 Å². The largest absolute Gasteiger partial charge is 0.393 e. The number of carbonyl (C=O) groups is 2. The van der Waals surface area contributed by atoms with Crippen molar-refractivity contribution in [1.29, 1.82) is 0 Å². The van der Waals surface area contributed by atoms with Crippen molar-refractivity contribution in [1.82, 2.24) is 35.3 Å². The highest BCUT2D eigenvalue weighted by Crippen LogP contribution is 2.41. The number of fused-ring (bicyclic) bond motifs is 1. The third kappa shape index (κ3) is 6.35. The zero-order valence-corrected chi connectivity index (χ0v) is 24.0. The van der Waals surface area contributed by atoms with E-state index in [1.54, 1.807) is 13.1 Å². The van der Waals surface area contributed by atoms with Crippen LogP contribution in [0, 0.1) is 5.92 Å². The van der Waals surface area contributed by atoms with Crippen LogP contribution in [0.25, 0.3) is 5.78 Å². The summed E-state index contributed by atoms with van der Waals surface area (Å²) >= 11 is 0. The van der Waals surface area contributed by atoms with Crippen LogP contribution in [0.3, 0.4) is 0 Å². The van der Waals surface area contributed by atoms with E-state index in [4.69, 9.17) is 9.68 Å². The number of aromatic nitrogens is 4. The van der Waals surface area contributed by atoms with Crippen molar-refractivity contribution in [2.24, 2.45) is 11.1 Å². The maximum Gasteiger partial charge on any atom is 0.271 e. The molecule has 2 amide bonds. The molecule has 0 spiro atoms. The van der Waals surface area contributed by atoms with Crippen LogP contribution in [0.2, 0.25) is 0 Å². The standard InChI is InChI=1S/C27H34F4N8O5/c1-14-21(37-44-36-14)23(41)35-22(15-2-6-26(28,29)7-3-15)18-12-39-25(34-18)33-17(11-32-39)19-10-16(40)5-9-38(19)24(42)20-4-8-27(30,31)13-43-20/h11-12,14-16,19-20,22,36,40H,2-10,13H2,1H3,(H,35,41). The first kappa shape index (κ1) is 30.6. The zero-order valence-electron chi connectivity index (χ0n) is 24.0. The normalized spacial score (nSPS) is 29.6. The Morgan fingerprint density at radius 1 is 1.11 bits per heavy atom. The summed E-state index contributed by atoms with van der Waals surface area (Å²) in [5.74, 6) is -6.96. The van der Waals surface area contributed by atoms with Crippen molar-refractivity contribution < 1.29 is 41.9 Å². The van der Waals surface area contributed by atoms with Crippen LogP contribution in [-0.2, 0) is 19.3 Å². The van der Waals surface area contributed by atoms with Gasteiger partial charge in [0.2, 0.25) is 5.92 Å². The van der Waals surface area contributed by atoms with E-state index in [-0.39, 0.29) is 62.5 Å².